The summed E-state index contributed by atoms with van der Waals surface area (Å²) in [4.78, 5) is 19.3. The Kier molecular flexibility index (Phi) is 6.21. The minimum atomic E-state index is -0.624. The van der Waals surface area contributed by atoms with E-state index in [1.165, 1.54) is 16.7 Å². The third-order valence-corrected chi connectivity index (χ3v) is 6.58. The first-order valence-electron chi connectivity index (χ1n) is 11.5. The van der Waals surface area contributed by atoms with Gasteiger partial charge in [-0.1, -0.05) is 30.3 Å². The average Bonchev–Trinajstić information content (AvgIpc) is 3.27. The number of aromatic nitrogens is 2. The Bertz CT molecular complexity index is 1090. The first-order valence-corrected chi connectivity index (χ1v) is 11.5. The maximum absolute atomic E-state index is 12.6. The molecule has 1 amide bonds. The molecule has 1 unspecified atom stereocenters. The van der Waals surface area contributed by atoms with Gasteiger partial charge in [0.05, 0.1) is 6.10 Å². The zero-order valence-corrected chi connectivity index (χ0v) is 18.2. The summed E-state index contributed by atoms with van der Waals surface area (Å²) in [5, 5.41) is 13.3. The Morgan fingerprint density at radius 2 is 1.97 bits per heavy atom. The highest BCUT2D eigenvalue weighted by Crippen LogP contribution is 2.27. The summed E-state index contributed by atoms with van der Waals surface area (Å²) in [6.45, 7) is 4.10. The van der Waals surface area contributed by atoms with E-state index in [1.54, 1.807) is 6.20 Å². The number of ether oxygens (including phenoxy) is 1. The number of β-amino-alcohol motifs (C(OH)–C–C–N with tert-alkyl or cyclic N) is 1. The number of hydrogen-bond acceptors (Lipinski definition) is 5. The molecule has 1 atom stereocenters. The highest BCUT2D eigenvalue weighted by atomic mass is 16.5. The van der Waals surface area contributed by atoms with Gasteiger partial charge in [-0.15, -0.1) is 0 Å². The molecular formula is C25H30N4O3. The van der Waals surface area contributed by atoms with Crippen LogP contribution in [0.2, 0.25) is 0 Å². The number of aliphatic hydroxyl groups is 1. The van der Waals surface area contributed by atoms with Crippen LogP contribution in [0.15, 0.2) is 48.8 Å². The number of nitrogens with one attached hydrogen (secondary N) is 1. The van der Waals surface area contributed by atoms with E-state index >= 15 is 0 Å². The van der Waals surface area contributed by atoms with Crippen LogP contribution >= 0.6 is 0 Å². The molecule has 7 nitrogen and oxygen atoms in total. The Morgan fingerprint density at radius 1 is 1.16 bits per heavy atom. The number of fused-ring (bicyclic) bond motifs is 2. The molecule has 2 N–H and O–H groups in total. The number of rotatable bonds is 6. The molecule has 1 aromatic carbocycles. The van der Waals surface area contributed by atoms with E-state index in [0.29, 0.717) is 18.2 Å². The second kappa shape index (κ2) is 9.40. The van der Waals surface area contributed by atoms with Crippen LogP contribution in [0.25, 0.3) is 5.65 Å². The van der Waals surface area contributed by atoms with Crippen molar-refractivity contribution in [2.75, 3.05) is 32.8 Å². The van der Waals surface area contributed by atoms with E-state index in [-0.39, 0.29) is 12.5 Å². The van der Waals surface area contributed by atoms with Crippen molar-refractivity contribution in [3.8, 4) is 0 Å². The van der Waals surface area contributed by atoms with Crippen LogP contribution in [0.4, 0.5) is 0 Å². The van der Waals surface area contributed by atoms with Gasteiger partial charge in [0, 0.05) is 51.8 Å². The van der Waals surface area contributed by atoms with Crippen LogP contribution in [-0.2, 0) is 17.7 Å². The second-order valence-corrected chi connectivity index (χ2v) is 8.86. The molecule has 32 heavy (non-hydrogen) atoms. The predicted octanol–water partition coefficient (Wildman–Crippen LogP) is 2.38. The van der Waals surface area contributed by atoms with Crippen molar-refractivity contribution in [1.82, 2.24) is 19.6 Å². The molecule has 2 aliphatic rings. The quantitative estimate of drug-likeness (QED) is 0.623. The molecular weight excluding hydrogens is 404 g/mol. The predicted molar refractivity (Wildman–Crippen MR) is 122 cm³/mol. The number of carbonyl (C=O) groups excluding carboxylic acids is 1. The third kappa shape index (κ3) is 4.70. The first kappa shape index (κ1) is 21.1. The molecule has 168 valence electrons. The van der Waals surface area contributed by atoms with E-state index in [4.69, 9.17) is 4.74 Å². The first-order chi connectivity index (χ1) is 15.7. The van der Waals surface area contributed by atoms with Crippen molar-refractivity contribution >= 4 is 11.6 Å². The molecule has 3 aromatic rings. The zero-order chi connectivity index (χ0) is 21.9. The molecule has 4 heterocycles. The number of imidazole rings is 1. The summed E-state index contributed by atoms with van der Waals surface area (Å²) in [5.74, 6) is 0.231. The van der Waals surface area contributed by atoms with Gasteiger partial charge in [0.25, 0.3) is 5.91 Å². The second-order valence-electron chi connectivity index (χ2n) is 8.86. The summed E-state index contributed by atoms with van der Waals surface area (Å²) in [5.41, 5.74) is 5.08. The lowest BCUT2D eigenvalue weighted by molar-refractivity contribution is 0.0838. The van der Waals surface area contributed by atoms with E-state index < -0.39 is 6.10 Å². The van der Waals surface area contributed by atoms with Gasteiger partial charge in [-0.05, 0) is 47.9 Å². The molecule has 0 aliphatic carbocycles. The summed E-state index contributed by atoms with van der Waals surface area (Å²) in [6.07, 6.45) is 6.25. The SMILES string of the molecule is O=C(NCC(O)CN1CCc2ccccc2C1)c1cn2cc(C3CCOCC3)ccc2n1. The van der Waals surface area contributed by atoms with E-state index in [0.717, 1.165) is 51.2 Å². The van der Waals surface area contributed by atoms with Crippen molar-refractivity contribution in [2.24, 2.45) is 0 Å². The largest absolute Gasteiger partial charge is 0.390 e. The van der Waals surface area contributed by atoms with Crippen molar-refractivity contribution < 1.29 is 14.6 Å². The standard InChI is InChI=1S/C25H30N4O3/c30-22(16-28-10-7-18-3-1-2-4-20(18)14-28)13-26-25(31)23-17-29-15-21(5-6-24(29)27-23)19-8-11-32-12-9-19/h1-6,15,17,19,22,30H,7-14,16H2,(H,26,31). The number of benzene rings is 1. The maximum Gasteiger partial charge on any atom is 0.271 e. The van der Waals surface area contributed by atoms with Gasteiger partial charge in [0.1, 0.15) is 11.3 Å². The minimum Gasteiger partial charge on any atom is -0.390 e. The van der Waals surface area contributed by atoms with Gasteiger partial charge in [0.15, 0.2) is 0 Å². The number of amides is 1. The summed E-state index contributed by atoms with van der Waals surface area (Å²) in [7, 11) is 0. The van der Waals surface area contributed by atoms with Gasteiger partial charge >= 0.3 is 0 Å². The number of aliphatic hydroxyl groups excluding tert-OH is 1. The van der Waals surface area contributed by atoms with Crippen LogP contribution in [0, 0.1) is 0 Å². The smallest absolute Gasteiger partial charge is 0.271 e. The van der Waals surface area contributed by atoms with Gasteiger partial charge in [0.2, 0.25) is 0 Å². The fourth-order valence-corrected chi connectivity index (χ4v) is 4.76. The van der Waals surface area contributed by atoms with Crippen molar-refractivity contribution in [3.05, 3.63) is 71.2 Å². The average molecular weight is 435 g/mol. The fraction of sp³-hybridized carbons (Fsp3) is 0.440. The van der Waals surface area contributed by atoms with Crippen LogP contribution in [0.3, 0.4) is 0 Å². The monoisotopic (exact) mass is 434 g/mol. The van der Waals surface area contributed by atoms with Gasteiger partial charge in [-0.25, -0.2) is 4.98 Å². The molecule has 7 heteroatoms. The summed E-state index contributed by atoms with van der Waals surface area (Å²) in [6, 6.07) is 12.5. The summed E-state index contributed by atoms with van der Waals surface area (Å²) < 4.78 is 7.38. The van der Waals surface area contributed by atoms with Crippen LogP contribution in [0.5, 0.6) is 0 Å². The Morgan fingerprint density at radius 3 is 2.81 bits per heavy atom. The fourth-order valence-electron chi connectivity index (χ4n) is 4.76. The highest BCUT2D eigenvalue weighted by Gasteiger charge is 2.20. The zero-order valence-electron chi connectivity index (χ0n) is 18.2. The molecule has 0 bridgehead atoms. The van der Waals surface area contributed by atoms with E-state index in [1.807, 2.05) is 10.5 Å². The Labute approximate surface area is 188 Å². The Hall–Kier alpha value is -2.74. The minimum absolute atomic E-state index is 0.207. The number of hydrogen-bond donors (Lipinski definition) is 2. The Balaban J connectivity index is 1.16. The van der Waals surface area contributed by atoms with Crippen LogP contribution in [-0.4, -0.2) is 64.3 Å². The third-order valence-electron chi connectivity index (χ3n) is 6.58. The molecule has 1 saturated heterocycles. The van der Waals surface area contributed by atoms with E-state index in [9.17, 15) is 9.90 Å². The molecule has 5 rings (SSSR count). The lowest BCUT2D eigenvalue weighted by atomic mass is 9.93. The molecule has 0 spiro atoms. The molecule has 0 saturated carbocycles. The number of nitrogens with zero attached hydrogens (tertiary/aromatic N) is 3. The molecule has 0 radical (unpaired) electrons. The van der Waals surface area contributed by atoms with Crippen molar-refractivity contribution in [2.45, 2.75) is 37.8 Å². The van der Waals surface area contributed by atoms with Crippen molar-refractivity contribution in [3.63, 3.8) is 0 Å². The highest BCUT2D eigenvalue weighted by molar-refractivity contribution is 5.92. The maximum atomic E-state index is 12.6. The number of pyridine rings is 1. The van der Waals surface area contributed by atoms with E-state index in [2.05, 4.69) is 51.7 Å². The van der Waals surface area contributed by atoms with Gasteiger partial charge in [-0.3, -0.25) is 9.69 Å². The van der Waals surface area contributed by atoms with Gasteiger partial charge < -0.3 is 19.6 Å². The van der Waals surface area contributed by atoms with Crippen LogP contribution in [0.1, 0.15) is 45.9 Å². The van der Waals surface area contributed by atoms with Crippen LogP contribution < -0.4 is 5.32 Å². The molecule has 2 aliphatic heterocycles. The topological polar surface area (TPSA) is 79.1 Å². The lowest BCUT2D eigenvalue weighted by Gasteiger charge is -2.30. The van der Waals surface area contributed by atoms with Crippen molar-refractivity contribution in [1.29, 1.82) is 0 Å². The summed E-state index contributed by atoms with van der Waals surface area (Å²) >= 11 is 0. The molecule has 1 fully saturated rings. The lowest BCUT2D eigenvalue weighted by Crippen LogP contribution is -2.42. The number of carbonyl (C=O) groups is 1. The molecule has 2 aromatic heterocycles. The normalized spacial score (nSPS) is 18.4. The van der Waals surface area contributed by atoms with Gasteiger partial charge in [-0.2, -0.15) is 0 Å².